The lowest BCUT2D eigenvalue weighted by Gasteiger charge is -2.12. The Labute approximate surface area is 186 Å². The highest BCUT2D eigenvalue weighted by molar-refractivity contribution is 6.35. The molecule has 0 aliphatic heterocycles. The summed E-state index contributed by atoms with van der Waals surface area (Å²) in [5, 5.41) is 1.06. The normalized spacial score (nSPS) is 11.0. The number of ether oxygens (including phenoxy) is 2. The molecule has 1 aromatic heterocycles. The topological polar surface area (TPSA) is 36.3 Å². The van der Waals surface area contributed by atoms with Crippen LogP contribution in [-0.2, 0) is 13.2 Å². The van der Waals surface area contributed by atoms with Gasteiger partial charge in [0.05, 0.1) is 22.7 Å². The summed E-state index contributed by atoms with van der Waals surface area (Å²) in [4.78, 5) is 4.75. The molecule has 0 unspecified atom stereocenters. The molecule has 6 heteroatoms. The number of imidazole rings is 1. The van der Waals surface area contributed by atoms with Crippen LogP contribution < -0.4 is 9.47 Å². The zero-order valence-electron chi connectivity index (χ0n) is 16.6. The number of halogens is 2. The fourth-order valence-electron chi connectivity index (χ4n) is 3.27. The molecule has 0 bridgehead atoms. The van der Waals surface area contributed by atoms with Crippen molar-refractivity contribution in [2.24, 2.45) is 0 Å². The smallest absolute Gasteiger partial charge is 0.148 e. The molecule has 0 fully saturated rings. The zero-order valence-corrected chi connectivity index (χ0v) is 18.2. The van der Waals surface area contributed by atoms with E-state index in [1.54, 1.807) is 18.2 Å². The van der Waals surface area contributed by atoms with Crippen LogP contribution in [-0.4, -0.2) is 16.2 Å². The Balaban J connectivity index is 1.45. The quantitative estimate of drug-likeness (QED) is 0.286. The Morgan fingerprint density at radius 1 is 0.933 bits per heavy atom. The van der Waals surface area contributed by atoms with Crippen LogP contribution in [0.25, 0.3) is 11.0 Å². The molecule has 0 atom stereocenters. The molecule has 4 aromatic rings. The van der Waals surface area contributed by atoms with Crippen molar-refractivity contribution in [1.29, 1.82) is 0 Å². The molecule has 1 heterocycles. The molecule has 0 saturated heterocycles. The predicted molar refractivity (Wildman–Crippen MR) is 122 cm³/mol. The van der Waals surface area contributed by atoms with Gasteiger partial charge in [0.15, 0.2) is 0 Å². The first-order valence-electron chi connectivity index (χ1n) is 9.81. The second-order valence-corrected chi connectivity index (χ2v) is 7.89. The van der Waals surface area contributed by atoms with Gasteiger partial charge in [0.25, 0.3) is 0 Å². The van der Waals surface area contributed by atoms with Gasteiger partial charge in [-0.25, -0.2) is 4.98 Å². The Morgan fingerprint density at radius 3 is 2.53 bits per heavy atom. The van der Waals surface area contributed by atoms with E-state index in [4.69, 9.17) is 37.7 Å². The third-order valence-corrected chi connectivity index (χ3v) is 5.33. The number of hydrogen-bond donors (Lipinski definition) is 0. The zero-order chi connectivity index (χ0) is 20.9. The van der Waals surface area contributed by atoms with E-state index in [-0.39, 0.29) is 0 Å². The van der Waals surface area contributed by atoms with E-state index in [1.807, 2.05) is 30.3 Å². The monoisotopic (exact) mass is 440 g/mol. The Hall–Kier alpha value is -2.69. The molecule has 0 radical (unpaired) electrons. The van der Waals surface area contributed by atoms with Crippen LogP contribution in [0.1, 0.15) is 17.8 Å². The van der Waals surface area contributed by atoms with Gasteiger partial charge in [-0.1, -0.05) is 53.0 Å². The Morgan fingerprint density at radius 2 is 1.73 bits per heavy atom. The SMILES string of the molecule is Cc1ccc(OCCCn2c(COc3ccc(Cl)cc3Cl)nc3ccccc32)cc1. The minimum atomic E-state index is 0.314. The lowest BCUT2D eigenvalue weighted by Crippen LogP contribution is -2.10. The summed E-state index contributed by atoms with van der Waals surface area (Å²) >= 11 is 12.2. The van der Waals surface area contributed by atoms with Gasteiger partial charge in [-0.2, -0.15) is 0 Å². The molecular formula is C24H22Cl2N2O2. The van der Waals surface area contributed by atoms with Gasteiger partial charge < -0.3 is 14.0 Å². The summed E-state index contributed by atoms with van der Waals surface area (Å²) in [6.45, 7) is 3.78. The first kappa shape index (κ1) is 20.6. The molecule has 0 aliphatic carbocycles. The van der Waals surface area contributed by atoms with E-state index in [1.165, 1.54) is 5.56 Å². The number of aryl methyl sites for hydroxylation is 2. The Bertz CT molecular complexity index is 1140. The molecule has 4 nitrogen and oxygen atoms in total. The van der Waals surface area contributed by atoms with Crippen molar-refractivity contribution in [2.45, 2.75) is 26.5 Å². The number of para-hydroxylation sites is 2. The van der Waals surface area contributed by atoms with Gasteiger partial charge in [-0.05, 0) is 55.8 Å². The summed E-state index contributed by atoms with van der Waals surface area (Å²) < 4.78 is 14.0. The second-order valence-electron chi connectivity index (χ2n) is 7.05. The summed E-state index contributed by atoms with van der Waals surface area (Å²) in [7, 11) is 0. The maximum Gasteiger partial charge on any atom is 0.148 e. The number of hydrogen-bond acceptors (Lipinski definition) is 3. The molecule has 154 valence electrons. The summed E-state index contributed by atoms with van der Waals surface area (Å²) in [5.41, 5.74) is 3.24. The highest BCUT2D eigenvalue weighted by Crippen LogP contribution is 2.28. The lowest BCUT2D eigenvalue weighted by molar-refractivity contribution is 0.280. The van der Waals surface area contributed by atoms with Crippen molar-refractivity contribution in [3.8, 4) is 11.5 Å². The molecule has 0 aliphatic rings. The van der Waals surface area contributed by atoms with E-state index in [9.17, 15) is 0 Å². The number of benzene rings is 3. The van der Waals surface area contributed by atoms with Gasteiger partial charge in [-0.15, -0.1) is 0 Å². The number of rotatable bonds is 8. The van der Waals surface area contributed by atoms with E-state index >= 15 is 0 Å². The molecule has 0 amide bonds. The van der Waals surface area contributed by atoms with E-state index in [0.717, 1.165) is 35.6 Å². The maximum absolute atomic E-state index is 6.23. The fraction of sp³-hybridized carbons (Fsp3) is 0.208. The second kappa shape index (κ2) is 9.41. The van der Waals surface area contributed by atoms with Gasteiger partial charge >= 0.3 is 0 Å². The first-order chi connectivity index (χ1) is 14.6. The molecule has 30 heavy (non-hydrogen) atoms. The fourth-order valence-corrected chi connectivity index (χ4v) is 3.73. The third-order valence-electron chi connectivity index (χ3n) is 4.80. The van der Waals surface area contributed by atoms with Crippen molar-refractivity contribution >= 4 is 34.2 Å². The number of fused-ring (bicyclic) bond motifs is 1. The predicted octanol–water partition coefficient (Wildman–Crippen LogP) is 6.70. The third kappa shape index (κ3) is 4.89. The molecular weight excluding hydrogens is 419 g/mol. The van der Waals surface area contributed by atoms with Gasteiger partial charge in [0.1, 0.15) is 23.9 Å². The van der Waals surface area contributed by atoms with Crippen LogP contribution in [0.3, 0.4) is 0 Å². The van der Waals surface area contributed by atoms with Crippen LogP contribution in [0.2, 0.25) is 10.0 Å². The van der Waals surface area contributed by atoms with E-state index in [0.29, 0.717) is 29.0 Å². The van der Waals surface area contributed by atoms with Crippen LogP contribution in [0.15, 0.2) is 66.7 Å². The lowest BCUT2D eigenvalue weighted by atomic mass is 10.2. The molecule has 0 saturated carbocycles. The van der Waals surface area contributed by atoms with Crippen molar-refractivity contribution in [2.75, 3.05) is 6.61 Å². The highest BCUT2D eigenvalue weighted by atomic mass is 35.5. The van der Waals surface area contributed by atoms with Crippen molar-refractivity contribution in [3.63, 3.8) is 0 Å². The van der Waals surface area contributed by atoms with Crippen molar-refractivity contribution < 1.29 is 9.47 Å². The minimum Gasteiger partial charge on any atom is -0.494 e. The minimum absolute atomic E-state index is 0.314. The van der Waals surface area contributed by atoms with E-state index in [2.05, 4.69) is 29.7 Å². The number of nitrogens with zero attached hydrogens (tertiary/aromatic N) is 2. The summed E-state index contributed by atoms with van der Waals surface area (Å²) in [6.07, 6.45) is 0.850. The summed E-state index contributed by atoms with van der Waals surface area (Å²) in [5.74, 6) is 2.32. The summed E-state index contributed by atoms with van der Waals surface area (Å²) in [6, 6.07) is 21.4. The maximum atomic E-state index is 6.23. The average Bonchev–Trinajstić information content (AvgIpc) is 3.09. The first-order valence-corrected chi connectivity index (χ1v) is 10.6. The van der Waals surface area contributed by atoms with Crippen molar-refractivity contribution in [3.05, 3.63) is 88.2 Å². The molecule has 0 N–H and O–H groups in total. The molecule has 3 aromatic carbocycles. The van der Waals surface area contributed by atoms with Crippen LogP contribution >= 0.6 is 23.2 Å². The highest BCUT2D eigenvalue weighted by Gasteiger charge is 2.12. The van der Waals surface area contributed by atoms with Crippen LogP contribution in [0, 0.1) is 6.92 Å². The largest absolute Gasteiger partial charge is 0.494 e. The van der Waals surface area contributed by atoms with Crippen LogP contribution in [0.5, 0.6) is 11.5 Å². The van der Waals surface area contributed by atoms with Gasteiger partial charge in [0.2, 0.25) is 0 Å². The van der Waals surface area contributed by atoms with Gasteiger partial charge in [0, 0.05) is 11.6 Å². The number of aromatic nitrogens is 2. The average molecular weight is 441 g/mol. The van der Waals surface area contributed by atoms with Gasteiger partial charge in [-0.3, -0.25) is 0 Å². The van der Waals surface area contributed by atoms with E-state index < -0.39 is 0 Å². The van der Waals surface area contributed by atoms with Crippen LogP contribution in [0.4, 0.5) is 0 Å². The standard InChI is InChI=1S/C24H22Cl2N2O2/c1-17-7-10-19(11-8-17)29-14-4-13-28-22-6-3-2-5-21(22)27-24(28)16-30-23-12-9-18(25)15-20(23)26/h2-3,5-12,15H,4,13-14,16H2,1H3. The molecule has 0 spiro atoms. The Kier molecular flexibility index (Phi) is 6.46. The molecule has 4 rings (SSSR count). The van der Waals surface area contributed by atoms with Crippen molar-refractivity contribution in [1.82, 2.24) is 9.55 Å².